The highest BCUT2D eigenvalue weighted by Gasteiger charge is 2.60. The third-order valence-corrected chi connectivity index (χ3v) is 10.2. The van der Waals surface area contributed by atoms with E-state index in [4.69, 9.17) is 33.2 Å². The van der Waals surface area contributed by atoms with Gasteiger partial charge in [0.05, 0.1) is 62.4 Å². The summed E-state index contributed by atoms with van der Waals surface area (Å²) < 4.78 is 45.1. The van der Waals surface area contributed by atoms with Gasteiger partial charge in [-0.2, -0.15) is 0 Å². The molecule has 0 aromatic heterocycles. The van der Waals surface area contributed by atoms with E-state index in [0.717, 1.165) is 25.7 Å². The van der Waals surface area contributed by atoms with E-state index in [-0.39, 0.29) is 72.7 Å². The van der Waals surface area contributed by atoms with E-state index < -0.39 is 24.3 Å². The maximum Gasteiger partial charge on any atom is 0.171 e. The average Bonchev–Trinajstić information content (AvgIpc) is 3.31. The van der Waals surface area contributed by atoms with Crippen molar-refractivity contribution in [2.75, 3.05) is 13.2 Å². The third-order valence-electron chi connectivity index (χ3n) is 10.2. The summed E-state index contributed by atoms with van der Waals surface area (Å²) in [5.74, 6) is -0.0743. The Kier molecular flexibility index (Phi) is 7.70. The molecule has 38 heavy (non-hydrogen) atoms. The lowest BCUT2D eigenvalue weighted by Gasteiger charge is -2.51. The van der Waals surface area contributed by atoms with Gasteiger partial charge in [0.25, 0.3) is 0 Å². The van der Waals surface area contributed by atoms with Gasteiger partial charge in [0.2, 0.25) is 0 Å². The Balaban J connectivity index is 1.21. The fraction of sp³-hybridized carbons (Fsp3) is 0.966. The van der Waals surface area contributed by atoms with E-state index in [9.17, 15) is 9.90 Å². The molecular formula is C29H46O9. The van der Waals surface area contributed by atoms with Gasteiger partial charge in [-0.15, -0.1) is 0 Å². The number of hydrogen-bond acceptors (Lipinski definition) is 9. The Morgan fingerprint density at radius 2 is 1.55 bits per heavy atom. The van der Waals surface area contributed by atoms with Crippen LogP contribution in [0.2, 0.25) is 0 Å². The van der Waals surface area contributed by atoms with E-state index in [1.165, 1.54) is 0 Å². The summed E-state index contributed by atoms with van der Waals surface area (Å²) in [5.41, 5.74) is 0. The van der Waals surface area contributed by atoms with E-state index in [0.29, 0.717) is 25.6 Å². The largest absolute Gasteiger partial charge is 0.390 e. The molecule has 15 atom stereocenters. The molecule has 6 fully saturated rings. The minimum Gasteiger partial charge on any atom is -0.390 e. The van der Waals surface area contributed by atoms with Crippen molar-refractivity contribution in [3.8, 4) is 0 Å². The predicted octanol–water partition coefficient (Wildman–Crippen LogP) is 2.99. The van der Waals surface area contributed by atoms with Crippen LogP contribution >= 0.6 is 0 Å². The van der Waals surface area contributed by atoms with Crippen LogP contribution in [0.1, 0.15) is 73.1 Å². The van der Waals surface area contributed by atoms with Gasteiger partial charge in [0.15, 0.2) is 12.1 Å². The summed E-state index contributed by atoms with van der Waals surface area (Å²) in [6, 6.07) is 0. The van der Waals surface area contributed by atoms with Crippen molar-refractivity contribution in [3.05, 3.63) is 0 Å². The van der Waals surface area contributed by atoms with Gasteiger partial charge >= 0.3 is 0 Å². The Morgan fingerprint density at radius 1 is 0.842 bits per heavy atom. The highest BCUT2D eigenvalue weighted by atomic mass is 16.7. The second-order valence-corrected chi connectivity index (χ2v) is 13.0. The molecule has 1 N–H and O–H groups in total. The van der Waals surface area contributed by atoms with E-state index >= 15 is 0 Å². The standard InChI is InChI=1S/C29H46O9/c1-14-9-19-21(34-23-13-32-24(11-15(2)30)35-20(23)10-14)12-22-26(36-19)17(4)25(31)28-27(37-22)16(3)18(5)29(38-28)7-6-8-33-29/h14,16-28,31H,6-13H2,1-5H3/t14-,16+,17+,18+,19+,20-,21-,22+,23+,24-,25+,26-,27-,28+,29?/m1/s1. The lowest BCUT2D eigenvalue weighted by Crippen LogP contribution is -2.60. The first-order valence-corrected chi connectivity index (χ1v) is 14.9. The maximum atomic E-state index is 11.6. The molecule has 6 rings (SSSR count). The van der Waals surface area contributed by atoms with Crippen molar-refractivity contribution >= 4 is 5.78 Å². The first-order chi connectivity index (χ1) is 18.1. The summed E-state index contributed by atoms with van der Waals surface area (Å²) in [7, 11) is 0. The number of carbonyl (C=O) groups is 1. The number of Topliss-reactive ketones (excluding diaryl/α,β-unsaturated/α-hetero) is 1. The van der Waals surface area contributed by atoms with Gasteiger partial charge in [-0.1, -0.05) is 27.7 Å². The fourth-order valence-corrected chi connectivity index (χ4v) is 7.90. The Bertz CT molecular complexity index is 861. The molecule has 0 bridgehead atoms. The van der Waals surface area contributed by atoms with Crippen LogP contribution < -0.4 is 0 Å². The number of rotatable bonds is 2. The van der Waals surface area contributed by atoms with Crippen LogP contribution in [-0.4, -0.2) is 91.1 Å². The molecule has 0 radical (unpaired) electrons. The first kappa shape index (κ1) is 27.5. The van der Waals surface area contributed by atoms with E-state index in [2.05, 4.69) is 27.7 Å². The fourth-order valence-electron chi connectivity index (χ4n) is 7.90. The van der Waals surface area contributed by atoms with Gasteiger partial charge in [0.1, 0.15) is 18.0 Å². The molecule has 0 aromatic rings. The van der Waals surface area contributed by atoms with Gasteiger partial charge in [0, 0.05) is 24.7 Å². The monoisotopic (exact) mass is 538 g/mol. The summed E-state index contributed by atoms with van der Waals surface area (Å²) in [4.78, 5) is 11.6. The Hall–Kier alpha value is -0.650. The van der Waals surface area contributed by atoms with Crippen molar-refractivity contribution in [2.24, 2.45) is 23.7 Å². The number of carbonyl (C=O) groups excluding carboxylic acids is 1. The summed E-state index contributed by atoms with van der Waals surface area (Å²) >= 11 is 0. The number of ether oxygens (including phenoxy) is 7. The average molecular weight is 539 g/mol. The zero-order valence-electron chi connectivity index (χ0n) is 23.5. The molecule has 6 aliphatic rings. The molecule has 9 heteroatoms. The molecule has 216 valence electrons. The quantitative estimate of drug-likeness (QED) is 0.568. The van der Waals surface area contributed by atoms with Gasteiger partial charge in [-0.25, -0.2) is 0 Å². The lowest BCUT2D eigenvalue weighted by molar-refractivity contribution is -0.339. The van der Waals surface area contributed by atoms with Crippen molar-refractivity contribution < 1.29 is 43.1 Å². The van der Waals surface area contributed by atoms with Gasteiger partial charge in [-0.05, 0) is 38.0 Å². The van der Waals surface area contributed by atoms with E-state index in [1.807, 2.05) is 0 Å². The van der Waals surface area contributed by atoms with Crippen molar-refractivity contribution in [2.45, 2.75) is 140 Å². The minimum atomic E-state index is -0.711. The zero-order chi connectivity index (χ0) is 26.8. The normalized spacial score (nSPS) is 55.0. The Morgan fingerprint density at radius 3 is 2.26 bits per heavy atom. The molecular weight excluding hydrogens is 492 g/mol. The highest BCUT2D eigenvalue weighted by molar-refractivity contribution is 5.75. The van der Waals surface area contributed by atoms with Crippen molar-refractivity contribution in [1.29, 1.82) is 0 Å². The molecule has 0 amide bonds. The summed E-state index contributed by atoms with van der Waals surface area (Å²) in [6.07, 6.45) is 1.48. The number of ketones is 1. The summed E-state index contributed by atoms with van der Waals surface area (Å²) in [5, 5.41) is 11.6. The van der Waals surface area contributed by atoms with Crippen molar-refractivity contribution in [1.82, 2.24) is 0 Å². The molecule has 0 aromatic carbocycles. The molecule has 1 spiro atoms. The van der Waals surface area contributed by atoms with Gasteiger partial charge < -0.3 is 38.3 Å². The predicted molar refractivity (Wildman–Crippen MR) is 135 cm³/mol. The van der Waals surface area contributed by atoms with Crippen LogP contribution in [0.3, 0.4) is 0 Å². The number of aliphatic hydroxyl groups excluding tert-OH is 1. The molecule has 6 aliphatic heterocycles. The third kappa shape index (κ3) is 4.89. The highest BCUT2D eigenvalue weighted by Crippen LogP contribution is 2.50. The zero-order valence-corrected chi connectivity index (χ0v) is 23.5. The SMILES string of the molecule is CC(=O)C[C@@H]1OC[C@@H]2O[C@@H]3C[C@@H]4O[C@@H]5[C@@H](C)[C@H](C)C6(CCCO6)O[C@H]5[C@@H](O)[C@H](C)[C@H]4O[C@H]3C[C@@H](C)C[C@H]2O1. The van der Waals surface area contributed by atoms with Crippen LogP contribution in [0.5, 0.6) is 0 Å². The van der Waals surface area contributed by atoms with Gasteiger partial charge in [-0.3, -0.25) is 4.79 Å². The number of fused-ring (bicyclic) bond motifs is 4. The van der Waals surface area contributed by atoms with Crippen LogP contribution in [0, 0.1) is 23.7 Å². The smallest absolute Gasteiger partial charge is 0.171 e. The molecule has 6 heterocycles. The first-order valence-electron chi connectivity index (χ1n) is 14.9. The van der Waals surface area contributed by atoms with Crippen LogP contribution in [0.15, 0.2) is 0 Å². The Labute approximate surface area is 226 Å². The topological polar surface area (TPSA) is 102 Å². The van der Waals surface area contributed by atoms with Crippen LogP contribution in [0.4, 0.5) is 0 Å². The minimum absolute atomic E-state index is 0.0563. The number of aliphatic hydroxyl groups is 1. The lowest BCUT2D eigenvalue weighted by atomic mass is 9.76. The molecule has 0 saturated carbocycles. The van der Waals surface area contributed by atoms with Crippen LogP contribution in [0.25, 0.3) is 0 Å². The molecule has 1 unspecified atom stereocenters. The maximum absolute atomic E-state index is 11.6. The molecule has 6 saturated heterocycles. The van der Waals surface area contributed by atoms with E-state index in [1.54, 1.807) is 6.92 Å². The second-order valence-electron chi connectivity index (χ2n) is 13.0. The molecule has 9 nitrogen and oxygen atoms in total. The summed E-state index contributed by atoms with van der Waals surface area (Å²) in [6.45, 7) is 11.3. The van der Waals surface area contributed by atoms with Crippen molar-refractivity contribution in [3.63, 3.8) is 0 Å². The van der Waals surface area contributed by atoms with Crippen LogP contribution in [-0.2, 0) is 38.0 Å². The molecule has 0 aliphatic carbocycles. The second kappa shape index (κ2) is 10.6. The number of hydrogen-bond donors (Lipinski definition) is 1.